The molecule has 0 unspecified atom stereocenters. The van der Waals surface area contributed by atoms with E-state index in [2.05, 4.69) is 26.5 Å². The van der Waals surface area contributed by atoms with Crippen LogP contribution in [-0.2, 0) is 0 Å². The predicted molar refractivity (Wildman–Crippen MR) is 76.7 cm³/mol. The molecule has 0 saturated heterocycles. The summed E-state index contributed by atoms with van der Waals surface area (Å²) in [5, 5.41) is 4.07. The van der Waals surface area contributed by atoms with Crippen LogP contribution < -0.4 is 5.43 Å². The maximum atomic E-state index is 11.9. The molecule has 4 heteroatoms. The molecule has 1 aliphatic rings. The number of carbonyl (C=O) groups excluding carboxylic acids is 1. The average Bonchev–Trinajstić information content (AvgIpc) is 2.40. The monoisotopic (exact) mass is 308 g/mol. The highest BCUT2D eigenvalue weighted by Gasteiger charge is 2.11. The number of rotatable bonds is 3. The summed E-state index contributed by atoms with van der Waals surface area (Å²) in [6, 6.07) is 7.34. The van der Waals surface area contributed by atoms with E-state index in [9.17, 15) is 4.79 Å². The van der Waals surface area contributed by atoms with Crippen molar-refractivity contribution in [1.29, 1.82) is 0 Å². The Bertz CT molecular complexity index is 439. The minimum atomic E-state index is -0.172. The van der Waals surface area contributed by atoms with Gasteiger partial charge in [-0.15, -0.1) is 0 Å². The number of hydrogen-bond acceptors (Lipinski definition) is 2. The molecule has 0 spiro atoms. The predicted octanol–water partition coefficient (Wildman–Crippen LogP) is 3.75. The highest BCUT2D eigenvalue weighted by molar-refractivity contribution is 9.10. The van der Waals surface area contributed by atoms with E-state index in [0.29, 0.717) is 11.5 Å². The van der Waals surface area contributed by atoms with Gasteiger partial charge in [-0.2, -0.15) is 5.10 Å². The number of hydrogen-bond donors (Lipinski definition) is 1. The van der Waals surface area contributed by atoms with Crippen molar-refractivity contribution in [3.8, 4) is 0 Å². The Morgan fingerprint density at radius 1 is 1.28 bits per heavy atom. The second-order valence-corrected chi connectivity index (χ2v) is 5.45. The van der Waals surface area contributed by atoms with Crippen LogP contribution in [0.5, 0.6) is 0 Å². The molecule has 96 valence electrons. The molecular formula is C14H17BrN2O. The highest BCUT2D eigenvalue weighted by Crippen LogP contribution is 2.21. The van der Waals surface area contributed by atoms with Gasteiger partial charge in [0.15, 0.2) is 0 Å². The van der Waals surface area contributed by atoms with Gasteiger partial charge in [0.2, 0.25) is 0 Å². The van der Waals surface area contributed by atoms with Crippen LogP contribution in [0.4, 0.5) is 0 Å². The van der Waals surface area contributed by atoms with Gasteiger partial charge in [0.05, 0.1) is 5.56 Å². The Morgan fingerprint density at radius 3 is 2.72 bits per heavy atom. The van der Waals surface area contributed by atoms with Crippen LogP contribution >= 0.6 is 15.9 Å². The highest BCUT2D eigenvalue weighted by atomic mass is 79.9. The van der Waals surface area contributed by atoms with Crippen LogP contribution in [-0.4, -0.2) is 12.1 Å². The minimum Gasteiger partial charge on any atom is -0.267 e. The zero-order valence-corrected chi connectivity index (χ0v) is 11.8. The molecule has 18 heavy (non-hydrogen) atoms. The van der Waals surface area contributed by atoms with Gasteiger partial charge in [0.25, 0.3) is 5.91 Å². The standard InChI is InChI=1S/C14H17BrN2O/c15-13-9-5-4-8-12(13)14(18)17-16-10-11-6-2-1-3-7-11/h4-5,8-11H,1-3,6-7H2,(H,17,18)/b16-10+. The number of nitrogens with zero attached hydrogens (tertiary/aromatic N) is 1. The summed E-state index contributed by atoms with van der Waals surface area (Å²) in [4.78, 5) is 11.9. The zero-order valence-electron chi connectivity index (χ0n) is 10.2. The second-order valence-electron chi connectivity index (χ2n) is 4.60. The van der Waals surface area contributed by atoms with Gasteiger partial charge in [-0.1, -0.05) is 31.4 Å². The largest absolute Gasteiger partial charge is 0.272 e. The molecule has 1 fully saturated rings. The Hall–Kier alpha value is -1.16. The molecule has 0 heterocycles. The van der Waals surface area contributed by atoms with Crippen molar-refractivity contribution in [2.75, 3.05) is 0 Å². The number of carbonyl (C=O) groups is 1. The van der Waals surface area contributed by atoms with E-state index in [-0.39, 0.29) is 5.91 Å². The molecule has 1 amide bonds. The summed E-state index contributed by atoms with van der Waals surface area (Å²) < 4.78 is 0.787. The topological polar surface area (TPSA) is 41.5 Å². The first-order valence-electron chi connectivity index (χ1n) is 6.35. The van der Waals surface area contributed by atoms with Crippen molar-refractivity contribution in [2.24, 2.45) is 11.0 Å². The Labute approximate surface area is 116 Å². The Morgan fingerprint density at radius 2 is 2.00 bits per heavy atom. The Balaban J connectivity index is 1.88. The molecule has 1 aromatic rings. The summed E-state index contributed by atoms with van der Waals surface area (Å²) in [6.45, 7) is 0. The number of halogens is 1. The lowest BCUT2D eigenvalue weighted by molar-refractivity contribution is 0.0954. The van der Waals surface area contributed by atoms with Gasteiger partial charge in [0.1, 0.15) is 0 Å². The van der Waals surface area contributed by atoms with Crippen LogP contribution in [0.1, 0.15) is 42.5 Å². The number of benzene rings is 1. The summed E-state index contributed by atoms with van der Waals surface area (Å²) in [6.07, 6.45) is 8.13. The quantitative estimate of drug-likeness (QED) is 0.670. The molecule has 0 bridgehead atoms. The fourth-order valence-corrected chi connectivity index (χ4v) is 2.65. The summed E-state index contributed by atoms with van der Waals surface area (Å²) in [5.41, 5.74) is 3.20. The fraction of sp³-hybridized carbons (Fsp3) is 0.429. The van der Waals surface area contributed by atoms with Gasteiger partial charge in [-0.05, 0) is 46.8 Å². The van der Waals surface area contributed by atoms with Crippen molar-refractivity contribution in [1.82, 2.24) is 5.43 Å². The molecular weight excluding hydrogens is 292 g/mol. The minimum absolute atomic E-state index is 0.172. The smallest absolute Gasteiger partial charge is 0.267 e. The maximum Gasteiger partial charge on any atom is 0.272 e. The first kappa shape index (κ1) is 13.3. The lowest BCUT2D eigenvalue weighted by atomic mass is 9.90. The van der Waals surface area contributed by atoms with Gasteiger partial charge in [0, 0.05) is 10.7 Å². The molecule has 2 rings (SSSR count). The lowest BCUT2D eigenvalue weighted by Gasteiger charge is -2.16. The van der Waals surface area contributed by atoms with Crippen molar-refractivity contribution in [2.45, 2.75) is 32.1 Å². The van der Waals surface area contributed by atoms with Gasteiger partial charge < -0.3 is 0 Å². The third-order valence-electron chi connectivity index (χ3n) is 3.22. The Kier molecular flexibility index (Phi) is 4.93. The molecule has 0 atom stereocenters. The van der Waals surface area contributed by atoms with Crippen molar-refractivity contribution in [3.63, 3.8) is 0 Å². The molecule has 0 aliphatic heterocycles. The molecule has 1 N–H and O–H groups in total. The fourth-order valence-electron chi connectivity index (χ4n) is 2.19. The summed E-state index contributed by atoms with van der Waals surface area (Å²) >= 11 is 3.35. The average molecular weight is 309 g/mol. The van der Waals surface area contributed by atoms with Crippen LogP contribution in [0.25, 0.3) is 0 Å². The van der Waals surface area contributed by atoms with Crippen molar-refractivity contribution < 1.29 is 4.79 Å². The van der Waals surface area contributed by atoms with E-state index in [4.69, 9.17) is 0 Å². The van der Waals surface area contributed by atoms with E-state index < -0.39 is 0 Å². The van der Waals surface area contributed by atoms with E-state index in [1.54, 1.807) is 6.07 Å². The number of amides is 1. The molecule has 3 nitrogen and oxygen atoms in total. The zero-order chi connectivity index (χ0) is 12.8. The van der Waals surface area contributed by atoms with E-state index in [0.717, 1.165) is 4.47 Å². The first-order chi connectivity index (χ1) is 8.77. The van der Waals surface area contributed by atoms with Crippen molar-refractivity contribution in [3.05, 3.63) is 34.3 Å². The summed E-state index contributed by atoms with van der Waals surface area (Å²) in [7, 11) is 0. The van der Waals surface area contributed by atoms with Gasteiger partial charge in [-0.25, -0.2) is 5.43 Å². The molecule has 0 aromatic heterocycles. The van der Waals surface area contributed by atoms with Gasteiger partial charge >= 0.3 is 0 Å². The van der Waals surface area contributed by atoms with Crippen LogP contribution in [0.2, 0.25) is 0 Å². The SMILES string of the molecule is O=C(N/N=C/C1CCCCC1)c1ccccc1Br. The van der Waals surface area contributed by atoms with Crippen LogP contribution in [0, 0.1) is 5.92 Å². The van der Waals surface area contributed by atoms with E-state index in [1.807, 2.05) is 24.4 Å². The van der Waals surface area contributed by atoms with E-state index in [1.165, 1.54) is 32.1 Å². The van der Waals surface area contributed by atoms with Crippen LogP contribution in [0.15, 0.2) is 33.8 Å². The first-order valence-corrected chi connectivity index (χ1v) is 7.15. The third kappa shape index (κ3) is 3.67. The molecule has 1 aliphatic carbocycles. The van der Waals surface area contributed by atoms with E-state index >= 15 is 0 Å². The molecule has 1 aromatic carbocycles. The lowest BCUT2D eigenvalue weighted by Crippen LogP contribution is -2.19. The third-order valence-corrected chi connectivity index (χ3v) is 3.91. The normalized spacial score (nSPS) is 16.9. The number of hydrazone groups is 1. The summed E-state index contributed by atoms with van der Waals surface area (Å²) in [5.74, 6) is 0.354. The molecule has 1 saturated carbocycles. The van der Waals surface area contributed by atoms with Crippen LogP contribution in [0.3, 0.4) is 0 Å². The second kappa shape index (κ2) is 6.69. The maximum absolute atomic E-state index is 11.9. The van der Waals surface area contributed by atoms with Crippen molar-refractivity contribution >= 4 is 28.1 Å². The number of nitrogens with one attached hydrogen (secondary N) is 1. The van der Waals surface area contributed by atoms with Gasteiger partial charge in [-0.3, -0.25) is 4.79 Å². The molecule has 0 radical (unpaired) electrons.